The van der Waals surface area contributed by atoms with Crippen LogP contribution in [0.4, 0.5) is 10.1 Å². The molecule has 160 valence electrons. The highest BCUT2D eigenvalue weighted by Gasteiger charge is 2.18. The van der Waals surface area contributed by atoms with Gasteiger partial charge in [0.25, 0.3) is 5.91 Å². The summed E-state index contributed by atoms with van der Waals surface area (Å²) in [5, 5.41) is 9.76. The number of carbonyl (C=O) groups is 3. The Kier molecular flexibility index (Phi) is 8.16. The zero-order valence-electron chi connectivity index (χ0n) is 16.5. The SMILES string of the molecule is COc1ccc(CCC(=O)OCC(=O)N(CCC(N)=O)c2ccc(F)cc2)cc1O. The van der Waals surface area contributed by atoms with Gasteiger partial charge in [0.05, 0.1) is 7.11 Å². The number of hydrogen-bond donors (Lipinski definition) is 2. The molecule has 0 aromatic heterocycles. The number of benzene rings is 2. The highest BCUT2D eigenvalue weighted by Crippen LogP contribution is 2.26. The van der Waals surface area contributed by atoms with Gasteiger partial charge in [-0.15, -0.1) is 0 Å². The summed E-state index contributed by atoms with van der Waals surface area (Å²) in [6.07, 6.45) is 0.197. The Morgan fingerprint density at radius 1 is 1.10 bits per heavy atom. The summed E-state index contributed by atoms with van der Waals surface area (Å²) in [5.41, 5.74) is 6.20. The number of phenols is 1. The minimum atomic E-state index is -0.604. The number of anilines is 1. The number of nitrogens with two attached hydrogens (primary N) is 1. The van der Waals surface area contributed by atoms with Gasteiger partial charge >= 0.3 is 5.97 Å². The summed E-state index contributed by atoms with van der Waals surface area (Å²) >= 11 is 0. The van der Waals surface area contributed by atoms with E-state index in [1.165, 1.54) is 42.3 Å². The van der Waals surface area contributed by atoms with E-state index in [9.17, 15) is 23.9 Å². The van der Waals surface area contributed by atoms with E-state index in [1.807, 2.05) is 0 Å². The lowest BCUT2D eigenvalue weighted by molar-refractivity contribution is -0.147. The first-order chi connectivity index (χ1) is 14.3. The number of rotatable bonds is 10. The molecule has 0 unspecified atom stereocenters. The van der Waals surface area contributed by atoms with Gasteiger partial charge in [-0.25, -0.2) is 4.39 Å². The summed E-state index contributed by atoms with van der Waals surface area (Å²) < 4.78 is 23.1. The summed E-state index contributed by atoms with van der Waals surface area (Å²) in [6, 6.07) is 9.89. The minimum Gasteiger partial charge on any atom is -0.504 e. The van der Waals surface area contributed by atoms with Gasteiger partial charge in [-0.3, -0.25) is 14.4 Å². The number of ether oxygens (including phenoxy) is 2. The Balaban J connectivity index is 1.91. The average molecular weight is 418 g/mol. The molecule has 8 nitrogen and oxygen atoms in total. The van der Waals surface area contributed by atoms with E-state index in [-0.39, 0.29) is 25.1 Å². The Morgan fingerprint density at radius 3 is 2.40 bits per heavy atom. The normalized spacial score (nSPS) is 10.3. The maximum atomic E-state index is 13.1. The highest BCUT2D eigenvalue weighted by molar-refractivity contribution is 5.95. The van der Waals surface area contributed by atoms with E-state index in [0.29, 0.717) is 23.4 Å². The number of aryl methyl sites for hydroxylation is 1. The van der Waals surface area contributed by atoms with Crippen molar-refractivity contribution >= 4 is 23.5 Å². The predicted molar refractivity (Wildman–Crippen MR) is 107 cm³/mol. The quantitative estimate of drug-likeness (QED) is 0.569. The first-order valence-electron chi connectivity index (χ1n) is 9.16. The molecular weight excluding hydrogens is 395 g/mol. The number of primary amides is 1. The maximum absolute atomic E-state index is 13.1. The molecule has 2 aromatic carbocycles. The Hall–Kier alpha value is -3.62. The van der Waals surface area contributed by atoms with Crippen LogP contribution >= 0.6 is 0 Å². The molecule has 0 radical (unpaired) electrons. The Morgan fingerprint density at radius 2 is 1.80 bits per heavy atom. The van der Waals surface area contributed by atoms with Gasteiger partial charge in [-0.1, -0.05) is 6.07 Å². The molecule has 0 spiro atoms. The molecule has 0 bridgehead atoms. The van der Waals surface area contributed by atoms with Crippen LogP contribution in [0.25, 0.3) is 0 Å². The second kappa shape index (κ2) is 10.8. The van der Waals surface area contributed by atoms with Crippen LogP contribution in [-0.2, 0) is 25.5 Å². The topological polar surface area (TPSA) is 119 Å². The van der Waals surface area contributed by atoms with Crippen LogP contribution in [-0.4, -0.2) is 43.2 Å². The van der Waals surface area contributed by atoms with Crippen molar-refractivity contribution in [3.8, 4) is 11.5 Å². The lowest BCUT2D eigenvalue weighted by atomic mass is 10.1. The summed E-state index contributed by atoms with van der Waals surface area (Å²) in [7, 11) is 1.43. The number of methoxy groups -OCH3 is 1. The highest BCUT2D eigenvalue weighted by atomic mass is 19.1. The number of amides is 2. The van der Waals surface area contributed by atoms with Gasteiger partial charge in [0.2, 0.25) is 5.91 Å². The van der Waals surface area contributed by atoms with Gasteiger partial charge in [-0.05, 0) is 48.4 Å². The van der Waals surface area contributed by atoms with E-state index < -0.39 is 30.2 Å². The zero-order chi connectivity index (χ0) is 22.1. The fraction of sp³-hybridized carbons (Fsp3) is 0.286. The predicted octanol–water partition coefficient (Wildman–Crippen LogP) is 1.92. The van der Waals surface area contributed by atoms with Gasteiger partial charge in [0.15, 0.2) is 18.1 Å². The van der Waals surface area contributed by atoms with E-state index in [0.717, 1.165) is 0 Å². The van der Waals surface area contributed by atoms with Crippen molar-refractivity contribution < 1.29 is 33.4 Å². The van der Waals surface area contributed by atoms with Gasteiger partial charge in [0.1, 0.15) is 5.82 Å². The molecule has 0 aliphatic heterocycles. The third kappa shape index (κ3) is 6.77. The molecule has 0 fully saturated rings. The summed E-state index contributed by atoms with van der Waals surface area (Å²) in [4.78, 5) is 36.8. The second-order valence-electron chi connectivity index (χ2n) is 6.40. The monoisotopic (exact) mass is 418 g/mol. The fourth-order valence-corrected chi connectivity index (χ4v) is 2.67. The van der Waals surface area contributed by atoms with Crippen molar-refractivity contribution in [3.05, 3.63) is 53.8 Å². The van der Waals surface area contributed by atoms with Gasteiger partial charge in [0, 0.05) is 25.1 Å². The lowest BCUT2D eigenvalue weighted by Gasteiger charge is -2.22. The molecule has 9 heteroatoms. The van der Waals surface area contributed by atoms with Crippen molar-refractivity contribution in [1.29, 1.82) is 0 Å². The van der Waals surface area contributed by atoms with E-state index in [2.05, 4.69) is 0 Å². The molecule has 2 aromatic rings. The third-order valence-corrected chi connectivity index (χ3v) is 4.24. The number of nitrogens with zero attached hydrogens (tertiary/aromatic N) is 1. The first kappa shape index (κ1) is 22.7. The van der Waals surface area contributed by atoms with E-state index >= 15 is 0 Å². The summed E-state index contributed by atoms with van der Waals surface area (Å²) in [5.74, 6) is -1.97. The third-order valence-electron chi connectivity index (χ3n) is 4.24. The molecule has 0 heterocycles. The molecule has 2 amide bonds. The molecule has 30 heavy (non-hydrogen) atoms. The fourth-order valence-electron chi connectivity index (χ4n) is 2.67. The standard InChI is InChI=1S/C21H23FN2O6/c1-29-18-8-2-14(12-17(18)25)3-9-21(28)30-13-20(27)24(11-10-19(23)26)16-6-4-15(22)5-7-16/h2,4-8,12,25H,3,9-11,13H2,1H3,(H2,23,26). The molecule has 0 aliphatic carbocycles. The number of halogens is 1. The largest absolute Gasteiger partial charge is 0.504 e. The molecular formula is C21H23FN2O6. The lowest BCUT2D eigenvalue weighted by Crippen LogP contribution is -2.37. The van der Waals surface area contributed by atoms with Crippen molar-refractivity contribution in [1.82, 2.24) is 0 Å². The van der Waals surface area contributed by atoms with Crippen LogP contribution in [0.2, 0.25) is 0 Å². The zero-order valence-corrected chi connectivity index (χ0v) is 16.5. The molecule has 0 aliphatic rings. The van der Waals surface area contributed by atoms with Crippen molar-refractivity contribution in [2.45, 2.75) is 19.3 Å². The van der Waals surface area contributed by atoms with Crippen LogP contribution < -0.4 is 15.4 Å². The van der Waals surface area contributed by atoms with Crippen molar-refractivity contribution in [2.24, 2.45) is 5.73 Å². The number of phenolic OH excluding ortho intramolecular Hbond substituents is 1. The van der Waals surface area contributed by atoms with Crippen LogP contribution in [0.15, 0.2) is 42.5 Å². The van der Waals surface area contributed by atoms with Crippen LogP contribution in [0.3, 0.4) is 0 Å². The molecule has 0 atom stereocenters. The smallest absolute Gasteiger partial charge is 0.306 e. The number of aromatic hydroxyl groups is 1. The second-order valence-corrected chi connectivity index (χ2v) is 6.40. The maximum Gasteiger partial charge on any atom is 0.306 e. The Bertz CT molecular complexity index is 901. The molecule has 2 rings (SSSR count). The summed E-state index contributed by atoms with van der Waals surface area (Å²) in [6.45, 7) is -0.564. The van der Waals surface area contributed by atoms with Crippen LogP contribution in [0.5, 0.6) is 11.5 Å². The van der Waals surface area contributed by atoms with Crippen molar-refractivity contribution in [3.63, 3.8) is 0 Å². The molecule has 3 N–H and O–H groups in total. The number of carbonyl (C=O) groups excluding carboxylic acids is 3. The number of esters is 1. The van der Waals surface area contributed by atoms with E-state index in [1.54, 1.807) is 12.1 Å². The number of hydrogen-bond acceptors (Lipinski definition) is 6. The van der Waals surface area contributed by atoms with Crippen LogP contribution in [0.1, 0.15) is 18.4 Å². The van der Waals surface area contributed by atoms with E-state index in [4.69, 9.17) is 15.2 Å². The van der Waals surface area contributed by atoms with Gasteiger partial charge in [-0.2, -0.15) is 0 Å². The minimum absolute atomic E-state index is 0.00309. The van der Waals surface area contributed by atoms with Crippen molar-refractivity contribution in [2.75, 3.05) is 25.2 Å². The Labute approximate surface area is 173 Å². The van der Waals surface area contributed by atoms with Gasteiger partial charge < -0.3 is 25.2 Å². The van der Waals surface area contributed by atoms with Crippen LogP contribution in [0, 0.1) is 5.82 Å². The molecule has 0 saturated carbocycles. The average Bonchev–Trinajstić information content (AvgIpc) is 2.72. The molecule has 0 saturated heterocycles. The first-order valence-corrected chi connectivity index (χ1v) is 9.16.